The van der Waals surface area contributed by atoms with Gasteiger partial charge in [0.15, 0.2) is 0 Å². The molecule has 2 N–H and O–H groups in total. The van der Waals surface area contributed by atoms with Gasteiger partial charge in [-0.3, -0.25) is 4.79 Å². The molecule has 0 bridgehead atoms. The van der Waals surface area contributed by atoms with E-state index in [2.05, 4.69) is 10.6 Å². The number of methoxy groups -OCH3 is 1. The van der Waals surface area contributed by atoms with Crippen LogP contribution in [0.2, 0.25) is 5.02 Å². The van der Waals surface area contributed by atoms with Crippen LogP contribution < -0.4 is 15.4 Å². The van der Waals surface area contributed by atoms with E-state index in [1.807, 2.05) is 24.3 Å². The first-order valence-electron chi connectivity index (χ1n) is 7.80. The van der Waals surface area contributed by atoms with E-state index in [1.165, 1.54) is 6.07 Å². The van der Waals surface area contributed by atoms with E-state index in [4.69, 9.17) is 16.3 Å². The van der Waals surface area contributed by atoms with E-state index in [1.54, 1.807) is 7.11 Å². The molecule has 0 saturated carbocycles. The van der Waals surface area contributed by atoms with Crippen LogP contribution in [0.1, 0.15) is 11.1 Å². The number of amides is 1. The number of halogens is 4. The summed E-state index contributed by atoms with van der Waals surface area (Å²) >= 11 is 5.61. The van der Waals surface area contributed by atoms with Gasteiger partial charge >= 0.3 is 6.18 Å². The molecule has 2 aromatic carbocycles. The van der Waals surface area contributed by atoms with E-state index < -0.39 is 17.6 Å². The van der Waals surface area contributed by atoms with Crippen molar-refractivity contribution in [3.8, 4) is 5.75 Å². The monoisotopic (exact) mass is 386 g/mol. The van der Waals surface area contributed by atoms with Crippen molar-refractivity contribution in [2.24, 2.45) is 0 Å². The average molecular weight is 387 g/mol. The molecule has 2 rings (SSSR count). The van der Waals surface area contributed by atoms with E-state index in [0.29, 0.717) is 13.0 Å². The van der Waals surface area contributed by atoms with Crippen molar-refractivity contribution in [3.63, 3.8) is 0 Å². The molecular weight excluding hydrogens is 369 g/mol. The molecule has 8 heteroatoms. The van der Waals surface area contributed by atoms with Crippen molar-refractivity contribution in [3.05, 3.63) is 58.6 Å². The minimum absolute atomic E-state index is 0.0507. The molecule has 0 atom stereocenters. The molecule has 0 saturated heterocycles. The summed E-state index contributed by atoms with van der Waals surface area (Å²) in [6.45, 7) is 0.357. The van der Waals surface area contributed by atoms with Gasteiger partial charge < -0.3 is 15.4 Å². The second-order valence-corrected chi connectivity index (χ2v) is 5.91. The highest BCUT2D eigenvalue weighted by molar-refractivity contribution is 6.30. The SMILES string of the molecule is COc1ccccc1CCNCC(=O)Nc1ccc(Cl)cc1C(F)(F)F. The summed E-state index contributed by atoms with van der Waals surface area (Å²) in [5.74, 6) is 0.174. The zero-order valence-corrected chi connectivity index (χ0v) is 14.7. The number of benzene rings is 2. The highest BCUT2D eigenvalue weighted by Crippen LogP contribution is 2.36. The average Bonchev–Trinajstić information content (AvgIpc) is 2.59. The molecule has 0 unspecified atom stereocenters. The van der Waals surface area contributed by atoms with Crippen molar-refractivity contribution in [2.45, 2.75) is 12.6 Å². The van der Waals surface area contributed by atoms with Crippen molar-refractivity contribution in [2.75, 3.05) is 25.5 Å². The predicted molar refractivity (Wildman–Crippen MR) is 94.7 cm³/mol. The van der Waals surface area contributed by atoms with Gasteiger partial charge in [0.05, 0.1) is 24.9 Å². The highest BCUT2D eigenvalue weighted by atomic mass is 35.5. The maximum atomic E-state index is 13.0. The summed E-state index contributed by atoms with van der Waals surface area (Å²) < 4.78 is 44.3. The second kappa shape index (κ2) is 8.91. The number of hydrogen-bond donors (Lipinski definition) is 2. The maximum absolute atomic E-state index is 13.0. The number of hydrogen-bond acceptors (Lipinski definition) is 3. The molecule has 0 heterocycles. The Balaban J connectivity index is 1.88. The van der Waals surface area contributed by atoms with Gasteiger partial charge in [-0.25, -0.2) is 0 Å². The molecule has 0 aliphatic heterocycles. The Kier molecular flexibility index (Phi) is 6.88. The zero-order chi connectivity index (χ0) is 19.2. The molecule has 2 aromatic rings. The van der Waals surface area contributed by atoms with Crippen LogP contribution in [0.3, 0.4) is 0 Å². The minimum Gasteiger partial charge on any atom is -0.496 e. The number of anilines is 1. The van der Waals surface area contributed by atoms with Crippen molar-refractivity contribution >= 4 is 23.2 Å². The fourth-order valence-corrected chi connectivity index (χ4v) is 2.56. The Morgan fingerprint density at radius 1 is 1.19 bits per heavy atom. The first-order chi connectivity index (χ1) is 12.3. The van der Waals surface area contributed by atoms with Gasteiger partial charge in [0.25, 0.3) is 0 Å². The van der Waals surface area contributed by atoms with Crippen LogP contribution in [0, 0.1) is 0 Å². The number of rotatable bonds is 7. The molecule has 0 aromatic heterocycles. The smallest absolute Gasteiger partial charge is 0.418 e. The molecule has 0 aliphatic rings. The van der Waals surface area contributed by atoms with Crippen LogP contribution in [0.15, 0.2) is 42.5 Å². The second-order valence-electron chi connectivity index (χ2n) is 5.47. The van der Waals surface area contributed by atoms with Gasteiger partial charge in [0.1, 0.15) is 5.75 Å². The number of carbonyl (C=O) groups is 1. The van der Waals surface area contributed by atoms with Gasteiger partial charge in [-0.15, -0.1) is 0 Å². The zero-order valence-electron chi connectivity index (χ0n) is 14.0. The van der Waals surface area contributed by atoms with E-state index in [-0.39, 0.29) is 17.3 Å². The van der Waals surface area contributed by atoms with Crippen LogP contribution in [-0.2, 0) is 17.4 Å². The minimum atomic E-state index is -4.61. The summed E-state index contributed by atoms with van der Waals surface area (Å²) in [4.78, 5) is 11.9. The largest absolute Gasteiger partial charge is 0.496 e. The predicted octanol–water partition coefficient (Wildman–Crippen LogP) is 4.14. The topological polar surface area (TPSA) is 50.4 Å². The normalized spacial score (nSPS) is 11.3. The van der Waals surface area contributed by atoms with Crippen molar-refractivity contribution < 1.29 is 22.7 Å². The lowest BCUT2D eigenvalue weighted by Crippen LogP contribution is -2.30. The van der Waals surface area contributed by atoms with E-state index >= 15 is 0 Å². The fraction of sp³-hybridized carbons (Fsp3) is 0.278. The standard InChI is InChI=1S/C18H18ClF3N2O2/c1-26-16-5-3-2-4-12(16)8-9-23-11-17(25)24-15-7-6-13(19)10-14(15)18(20,21)22/h2-7,10,23H,8-9,11H2,1H3,(H,24,25). The molecule has 0 fully saturated rings. The summed E-state index contributed by atoms with van der Waals surface area (Å²) in [6, 6.07) is 10.7. The molecule has 0 spiro atoms. The molecular formula is C18H18ClF3N2O2. The number of ether oxygens (including phenoxy) is 1. The highest BCUT2D eigenvalue weighted by Gasteiger charge is 2.34. The summed E-state index contributed by atoms with van der Waals surface area (Å²) in [6.07, 6.45) is -3.99. The van der Waals surface area contributed by atoms with Crippen LogP contribution in [0.4, 0.5) is 18.9 Å². The third-order valence-corrected chi connectivity index (χ3v) is 3.85. The molecule has 0 radical (unpaired) electrons. The molecule has 4 nitrogen and oxygen atoms in total. The van der Waals surface area contributed by atoms with Gasteiger partial charge in [-0.05, 0) is 42.8 Å². The first kappa shape index (κ1) is 20.1. The quantitative estimate of drug-likeness (QED) is 0.703. The Hall–Kier alpha value is -2.25. The van der Waals surface area contributed by atoms with Gasteiger partial charge in [-0.1, -0.05) is 29.8 Å². The van der Waals surface area contributed by atoms with Crippen LogP contribution >= 0.6 is 11.6 Å². The van der Waals surface area contributed by atoms with Gasteiger partial charge in [-0.2, -0.15) is 13.2 Å². The third-order valence-electron chi connectivity index (χ3n) is 3.61. The van der Waals surface area contributed by atoms with Crippen LogP contribution in [0.5, 0.6) is 5.75 Å². The lowest BCUT2D eigenvalue weighted by atomic mass is 10.1. The third kappa shape index (κ3) is 5.64. The fourth-order valence-electron chi connectivity index (χ4n) is 2.39. The summed E-state index contributed by atoms with van der Waals surface area (Å²) in [5, 5.41) is 5.11. The Bertz CT molecular complexity index is 766. The number of para-hydroxylation sites is 1. The van der Waals surface area contributed by atoms with E-state index in [9.17, 15) is 18.0 Å². The number of alkyl halides is 3. The molecule has 1 amide bonds. The van der Waals surface area contributed by atoms with E-state index in [0.717, 1.165) is 23.4 Å². The number of nitrogens with one attached hydrogen (secondary N) is 2. The molecule has 26 heavy (non-hydrogen) atoms. The molecule has 0 aliphatic carbocycles. The van der Waals surface area contributed by atoms with Crippen molar-refractivity contribution in [1.82, 2.24) is 5.32 Å². The Labute approximate surface area is 154 Å². The van der Waals surface area contributed by atoms with Gasteiger partial charge in [0, 0.05) is 5.02 Å². The van der Waals surface area contributed by atoms with Gasteiger partial charge in [0.2, 0.25) is 5.91 Å². The van der Waals surface area contributed by atoms with Crippen LogP contribution in [-0.4, -0.2) is 26.1 Å². The summed E-state index contributed by atoms with van der Waals surface area (Å²) in [7, 11) is 1.57. The lowest BCUT2D eigenvalue weighted by molar-refractivity contribution is -0.137. The number of carbonyl (C=O) groups excluding carboxylic acids is 1. The van der Waals surface area contributed by atoms with Crippen molar-refractivity contribution in [1.29, 1.82) is 0 Å². The lowest BCUT2D eigenvalue weighted by Gasteiger charge is -2.14. The maximum Gasteiger partial charge on any atom is 0.418 e. The van der Waals surface area contributed by atoms with Crippen LogP contribution in [0.25, 0.3) is 0 Å². The first-order valence-corrected chi connectivity index (χ1v) is 8.18. The molecule has 140 valence electrons. The Morgan fingerprint density at radius 2 is 1.92 bits per heavy atom. The summed E-state index contributed by atoms with van der Waals surface area (Å²) in [5.41, 5.74) is -0.328. The Morgan fingerprint density at radius 3 is 2.62 bits per heavy atom.